The molecule has 0 aromatic carbocycles. The molecule has 7 heteroatoms. The molecule has 18 heavy (non-hydrogen) atoms. The molecule has 3 heterocycles. The summed E-state index contributed by atoms with van der Waals surface area (Å²) in [5.41, 5.74) is 0. The van der Waals surface area contributed by atoms with Gasteiger partial charge in [-0.25, -0.2) is 40.1 Å². The van der Waals surface area contributed by atoms with E-state index in [1.807, 2.05) is 0 Å². The highest BCUT2D eigenvalue weighted by Gasteiger charge is 2.43. The van der Waals surface area contributed by atoms with Crippen LogP contribution in [-0.2, 0) is 5.91 Å². The van der Waals surface area contributed by atoms with Crippen molar-refractivity contribution in [2.75, 3.05) is 0 Å². The van der Waals surface area contributed by atoms with Crippen LogP contribution in [0.25, 0.3) is 4.85 Å². The van der Waals surface area contributed by atoms with E-state index in [0.29, 0.717) is 0 Å². The minimum absolute atomic E-state index is 1.14. The van der Waals surface area contributed by atoms with Gasteiger partial charge in [-0.05, 0) is 0 Å². The second-order valence-electron chi connectivity index (χ2n) is 3.62. The lowest BCUT2D eigenvalue weighted by atomic mass is 10.5. The summed E-state index contributed by atoms with van der Waals surface area (Å²) in [6.07, 6.45) is 14.9. The molecule has 0 aliphatic rings. The van der Waals surface area contributed by atoms with Crippen LogP contribution in [0.2, 0.25) is 0 Å². The van der Waals surface area contributed by atoms with E-state index >= 15 is 0 Å². The fourth-order valence-corrected chi connectivity index (χ4v) is 1.88. The zero-order chi connectivity index (χ0) is 12.4. The highest BCUT2D eigenvalue weighted by molar-refractivity contribution is 5.04. The van der Waals surface area contributed by atoms with Gasteiger partial charge in [0.1, 0.15) is 19.0 Å². The lowest BCUT2D eigenvalue weighted by Gasteiger charge is -2.24. The van der Waals surface area contributed by atoms with Crippen LogP contribution in [-0.4, -0.2) is 28.7 Å². The molecule has 0 unspecified atom stereocenters. The second kappa shape index (κ2) is 3.85. The molecule has 3 aromatic rings. The van der Waals surface area contributed by atoms with Gasteiger partial charge in [0.2, 0.25) is 0 Å². The number of imidazole rings is 3. The van der Waals surface area contributed by atoms with E-state index in [-0.39, 0.29) is 0 Å². The molecule has 0 saturated heterocycles. The molecule has 0 spiro atoms. The number of aromatic nitrogens is 6. The van der Waals surface area contributed by atoms with Crippen LogP contribution < -0.4 is 0 Å². The quantitative estimate of drug-likeness (QED) is 0.637. The van der Waals surface area contributed by atoms with Crippen LogP contribution in [0.15, 0.2) is 56.2 Å². The van der Waals surface area contributed by atoms with Crippen LogP contribution in [0, 0.1) is 6.57 Å². The average molecular weight is 239 g/mol. The third-order valence-corrected chi connectivity index (χ3v) is 2.70. The van der Waals surface area contributed by atoms with E-state index in [9.17, 15) is 0 Å². The number of hydrogen-bond donors (Lipinski definition) is 0. The summed E-state index contributed by atoms with van der Waals surface area (Å²) in [7, 11) is 0. The molecule has 0 saturated carbocycles. The molecule has 0 aliphatic carbocycles. The van der Waals surface area contributed by atoms with Crippen molar-refractivity contribution in [3.8, 4) is 0 Å². The molecule has 3 rings (SSSR count). The average Bonchev–Trinajstić information content (AvgIpc) is 3.16. The largest absolute Gasteiger partial charge is 0.496 e. The zero-order valence-corrected chi connectivity index (χ0v) is 9.33. The SMILES string of the molecule is [C-]#[N+]C(n1ccnc1)(n1ccnc1)n1ccnc1. The van der Waals surface area contributed by atoms with Crippen molar-refractivity contribution >= 4 is 0 Å². The summed E-state index contributed by atoms with van der Waals surface area (Å²) in [6.45, 7) is 7.62. The van der Waals surface area contributed by atoms with Gasteiger partial charge < -0.3 is 0 Å². The Balaban J connectivity index is 2.30. The van der Waals surface area contributed by atoms with Gasteiger partial charge in [-0.2, -0.15) is 0 Å². The van der Waals surface area contributed by atoms with Crippen LogP contribution in [0.4, 0.5) is 0 Å². The van der Waals surface area contributed by atoms with Crippen LogP contribution in [0.5, 0.6) is 0 Å². The Morgan fingerprint density at radius 1 is 0.778 bits per heavy atom. The number of rotatable bonds is 3. The summed E-state index contributed by atoms with van der Waals surface area (Å²) < 4.78 is 5.09. The molecule has 7 nitrogen and oxygen atoms in total. The second-order valence-corrected chi connectivity index (χ2v) is 3.62. The minimum atomic E-state index is -1.14. The fraction of sp³-hybridized carbons (Fsp3) is 0.0909. The highest BCUT2D eigenvalue weighted by Crippen LogP contribution is 2.23. The van der Waals surface area contributed by atoms with Crippen molar-refractivity contribution in [1.82, 2.24) is 28.7 Å². The molecule has 0 N–H and O–H groups in total. The maximum atomic E-state index is 7.62. The first-order valence-electron chi connectivity index (χ1n) is 5.22. The van der Waals surface area contributed by atoms with Crippen LogP contribution in [0.3, 0.4) is 0 Å². The van der Waals surface area contributed by atoms with E-state index in [1.165, 1.54) is 0 Å². The van der Waals surface area contributed by atoms with Crippen molar-refractivity contribution in [3.63, 3.8) is 0 Å². The third kappa shape index (κ3) is 1.26. The van der Waals surface area contributed by atoms with Crippen LogP contribution >= 0.6 is 0 Å². The summed E-state index contributed by atoms with van der Waals surface area (Å²) >= 11 is 0. The Bertz CT molecular complexity index is 559. The Morgan fingerprint density at radius 2 is 1.17 bits per heavy atom. The van der Waals surface area contributed by atoms with E-state index in [0.717, 1.165) is 0 Å². The molecule has 0 atom stereocenters. The zero-order valence-electron chi connectivity index (χ0n) is 9.33. The molecule has 3 aromatic heterocycles. The van der Waals surface area contributed by atoms with Crippen molar-refractivity contribution in [2.24, 2.45) is 0 Å². The molecule has 0 amide bonds. The fourth-order valence-electron chi connectivity index (χ4n) is 1.88. The van der Waals surface area contributed by atoms with Gasteiger partial charge in [0.05, 0.1) is 0 Å². The first kappa shape index (κ1) is 10.3. The van der Waals surface area contributed by atoms with Gasteiger partial charge in [-0.1, -0.05) is 0 Å². The molecule has 0 bridgehead atoms. The maximum absolute atomic E-state index is 7.62. The lowest BCUT2D eigenvalue weighted by molar-refractivity contribution is 0.244. The monoisotopic (exact) mass is 239 g/mol. The van der Waals surface area contributed by atoms with Gasteiger partial charge in [0, 0.05) is 37.2 Å². The number of nitrogens with zero attached hydrogens (tertiary/aromatic N) is 7. The molecule has 0 aliphatic heterocycles. The van der Waals surface area contributed by atoms with Gasteiger partial charge in [-0.15, -0.1) is 0 Å². The van der Waals surface area contributed by atoms with Crippen LogP contribution in [0.1, 0.15) is 0 Å². The third-order valence-electron chi connectivity index (χ3n) is 2.70. The van der Waals surface area contributed by atoms with Gasteiger partial charge in [-0.3, -0.25) is 0 Å². The molecule has 0 fully saturated rings. The van der Waals surface area contributed by atoms with Crippen molar-refractivity contribution in [3.05, 3.63) is 67.6 Å². The topological polar surface area (TPSA) is 57.8 Å². The molecular formula is C11H9N7. The van der Waals surface area contributed by atoms with E-state index < -0.39 is 5.91 Å². The lowest BCUT2D eigenvalue weighted by Crippen LogP contribution is -2.43. The van der Waals surface area contributed by atoms with E-state index in [4.69, 9.17) is 6.57 Å². The number of hydrogen-bond acceptors (Lipinski definition) is 3. The predicted octanol–water partition coefficient (Wildman–Crippen LogP) is 0.860. The summed E-state index contributed by atoms with van der Waals surface area (Å²) in [4.78, 5) is 15.8. The van der Waals surface area contributed by atoms with Crippen molar-refractivity contribution in [2.45, 2.75) is 5.91 Å². The summed E-state index contributed by atoms with van der Waals surface area (Å²) in [5, 5.41) is 0. The van der Waals surface area contributed by atoms with E-state index in [1.54, 1.807) is 69.9 Å². The van der Waals surface area contributed by atoms with Gasteiger partial charge >= 0.3 is 5.91 Å². The van der Waals surface area contributed by atoms with Crippen molar-refractivity contribution in [1.29, 1.82) is 0 Å². The van der Waals surface area contributed by atoms with Crippen molar-refractivity contribution < 1.29 is 0 Å². The highest BCUT2D eigenvalue weighted by atomic mass is 15.5. The Labute approximate surface area is 103 Å². The van der Waals surface area contributed by atoms with Gasteiger partial charge in [0.15, 0.2) is 0 Å². The maximum Gasteiger partial charge on any atom is 0.496 e. The summed E-state index contributed by atoms with van der Waals surface area (Å²) in [5.74, 6) is -1.14. The molecule has 88 valence electrons. The van der Waals surface area contributed by atoms with Gasteiger partial charge in [0.25, 0.3) is 0 Å². The normalized spacial score (nSPS) is 11.3. The predicted molar refractivity (Wildman–Crippen MR) is 62.1 cm³/mol. The molecular weight excluding hydrogens is 230 g/mol. The van der Waals surface area contributed by atoms with E-state index in [2.05, 4.69) is 19.8 Å². The Hall–Kier alpha value is -2.88. The summed E-state index contributed by atoms with van der Waals surface area (Å²) in [6, 6.07) is 0. The molecule has 0 radical (unpaired) electrons. The Kier molecular flexibility index (Phi) is 2.20. The first-order chi connectivity index (χ1) is 8.88. The standard InChI is InChI=1S/C11H9N7/c1-12-11(16-5-2-13-8-16,17-6-3-14-9-17)18-7-4-15-10-18/h2-10H. The Morgan fingerprint density at radius 3 is 1.39 bits per heavy atom. The smallest absolute Gasteiger partial charge is 0.245 e. The first-order valence-corrected chi connectivity index (χ1v) is 5.22. The minimum Gasteiger partial charge on any atom is -0.245 e.